The molecule has 0 spiro atoms. The smallest absolute Gasteiger partial charge is 0.313 e. The van der Waals surface area contributed by atoms with Gasteiger partial charge in [0.25, 0.3) is 9.70 Å². The number of carbonyl (C=O) groups is 3. The first-order valence-electron chi connectivity index (χ1n) is 7.52. The average Bonchev–Trinajstić information content (AvgIpc) is 2.89. The summed E-state index contributed by atoms with van der Waals surface area (Å²) < 4.78 is 2.50. The Labute approximate surface area is 160 Å². The molecule has 1 fully saturated rings. The number of likely N-dealkylation sites (tertiary alicyclic amines) is 1. The lowest BCUT2D eigenvalue weighted by molar-refractivity contribution is -0.146. The van der Waals surface area contributed by atoms with Crippen molar-refractivity contribution in [3.05, 3.63) is 35.9 Å². The normalized spacial score (nSPS) is 20.5. The van der Waals surface area contributed by atoms with Crippen molar-refractivity contribution in [3.8, 4) is 0 Å². The van der Waals surface area contributed by atoms with E-state index in [1.54, 1.807) is 0 Å². The monoisotopic (exact) mass is 406 g/mol. The van der Waals surface area contributed by atoms with Crippen molar-refractivity contribution in [1.82, 2.24) is 10.2 Å². The Hall–Kier alpha value is -1.50. The van der Waals surface area contributed by atoms with Crippen molar-refractivity contribution in [2.75, 3.05) is 20.2 Å². The lowest BCUT2D eigenvalue weighted by Gasteiger charge is -2.19. The number of methoxy groups -OCH3 is 1. The number of hydrogen-bond acceptors (Lipinski definition) is 4. The van der Waals surface area contributed by atoms with Crippen molar-refractivity contribution in [2.45, 2.75) is 16.3 Å². The highest BCUT2D eigenvalue weighted by Crippen LogP contribution is 2.28. The van der Waals surface area contributed by atoms with Crippen LogP contribution in [0.25, 0.3) is 0 Å². The van der Waals surface area contributed by atoms with Crippen molar-refractivity contribution < 1.29 is 19.1 Å². The summed E-state index contributed by atoms with van der Waals surface area (Å²) in [6.45, 7) is 0.527. The Bertz CT molecular complexity index is 649. The zero-order valence-electron chi connectivity index (χ0n) is 13.4. The predicted octanol–water partition coefficient (Wildman–Crippen LogP) is 1.72. The zero-order chi connectivity index (χ0) is 18.6. The first kappa shape index (κ1) is 19.8. The van der Waals surface area contributed by atoms with Gasteiger partial charge in [-0.2, -0.15) is 0 Å². The van der Waals surface area contributed by atoms with E-state index in [1.165, 1.54) is 12.0 Å². The molecular weight excluding hydrogens is 391 g/mol. The topological polar surface area (TPSA) is 75.7 Å². The molecule has 0 saturated carbocycles. The molecular formula is C16H17Cl3N2O4. The Morgan fingerprint density at radius 3 is 2.48 bits per heavy atom. The molecule has 2 rings (SSSR count). The highest BCUT2D eigenvalue weighted by atomic mass is 35.6. The highest BCUT2D eigenvalue weighted by Gasteiger charge is 2.47. The minimum absolute atomic E-state index is 0.128. The van der Waals surface area contributed by atoms with E-state index < -0.39 is 33.5 Å². The van der Waals surface area contributed by atoms with E-state index in [2.05, 4.69) is 5.32 Å². The summed E-state index contributed by atoms with van der Waals surface area (Å²) in [5.74, 6) is -2.83. The fraction of sp³-hybridized carbons (Fsp3) is 0.438. The van der Waals surface area contributed by atoms with Crippen LogP contribution in [-0.4, -0.2) is 52.7 Å². The van der Waals surface area contributed by atoms with Crippen LogP contribution in [0.1, 0.15) is 5.56 Å². The lowest BCUT2D eigenvalue weighted by atomic mass is 10.0. The van der Waals surface area contributed by atoms with Crippen LogP contribution in [0.15, 0.2) is 30.3 Å². The SMILES string of the molecule is COC(=O)C1CN(CCc2ccccc2)C(=O)[C@@H]1NC(=O)C(Cl)(Cl)Cl. The van der Waals surface area contributed by atoms with Gasteiger partial charge in [0.05, 0.1) is 7.11 Å². The summed E-state index contributed by atoms with van der Waals surface area (Å²) in [5.41, 5.74) is 1.05. The van der Waals surface area contributed by atoms with Gasteiger partial charge in [-0.15, -0.1) is 0 Å². The molecule has 1 unspecified atom stereocenters. The van der Waals surface area contributed by atoms with Crippen LogP contribution in [0.5, 0.6) is 0 Å². The van der Waals surface area contributed by atoms with Gasteiger partial charge in [0, 0.05) is 13.1 Å². The van der Waals surface area contributed by atoms with Gasteiger partial charge in [-0.3, -0.25) is 14.4 Å². The van der Waals surface area contributed by atoms with Crippen LogP contribution in [0.2, 0.25) is 0 Å². The van der Waals surface area contributed by atoms with E-state index >= 15 is 0 Å². The third kappa shape index (κ3) is 5.00. The third-order valence-electron chi connectivity index (χ3n) is 3.96. The van der Waals surface area contributed by atoms with Crippen LogP contribution in [0.4, 0.5) is 0 Å². The molecule has 0 aromatic heterocycles. The molecule has 25 heavy (non-hydrogen) atoms. The van der Waals surface area contributed by atoms with E-state index in [1.807, 2.05) is 30.3 Å². The number of nitrogens with one attached hydrogen (secondary N) is 1. The van der Waals surface area contributed by atoms with Gasteiger partial charge in [0.2, 0.25) is 5.91 Å². The van der Waals surface area contributed by atoms with Gasteiger partial charge in [-0.05, 0) is 12.0 Å². The minimum atomic E-state index is -2.22. The summed E-state index contributed by atoms with van der Waals surface area (Å²) in [7, 11) is 1.22. The zero-order valence-corrected chi connectivity index (χ0v) is 15.6. The minimum Gasteiger partial charge on any atom is -0.469 e. The highest BCUT2D eigenvalue weighted by molar-refractivity contribution is 6.76. The number of amides is 2. The quantitative estimate of drug-likeness (QED) is 0.596. The second-order valence-electron chi connectivity index (χ2n) is 5.60. The van der Waals surface area contributed by atoms with Crippen LogP contribution >= 0.6 is 34.8 Å². The Morgan fingerprint density at radius 1 is 1.28 bits per heavy atom. The van der Waals surface area contributed by atoms with Crippen LogP contribution in [0, 0.1) is 5.92 Å². The van der Waals surface area contributed by atoms with Gasteiger partial charge < -0.3 is 15.0 Å². The molecule has 6 nitrogen and oxygen atoms in total. The van der Waals surface area contributed by atoms with E-state index in [4.69, 9.17) is 39.5 Å². The molecule has 2 atom stereocenters. The summed E-state index contributed by atoms with van der Waals surface area (Å²) in [6.07, 6.45) is 0.617. The maximum atomic E-state index is 12.6. The molecule has 0 aliphatic carbocycles. The maximum absolute atomic E-state index is 12.6. The third-order valence-corrected chi connectivity index (χ3v) is 4.47. The molecule has 1 aromatic rings. The number of alkyl halides is 3. The van der Waals surface area contributed by atoms with Gasteiger partial charge in [0.1, 0.15) is 12.0 Å². The number of hydrogen-bond donors (Lipinski definition) is 1. The van der Waals surface area contributed by atoms with Crippen molar-refractivity contribution in [2.24, 2.45) is 5.92 Å². The first-order valence-corrected chi connectivity index (χ1v) is 8.65. The fourth-order valence-corrected chi connectivity index (χ4v) is 2.82. The number of ether oxygens (including phenoxy) is 1. The van der Waals surface area contributed by atoms with Gasteiger partial charge in [0.15, 0.2) is 0 Å². The summed E-state index contributed by atoms with van der Waals surface area (Å²) in [6, 6.07) is 8.48. The average molecular weight is 408 g/mol. The molecule has 1 aliphatic heterocycles. The summed E-state index contributed by atoms with van der Waals surface area (Å²) >= 11 is 16.6. The number of halogens is 3. The molecule has 1 aliphatic rings. The van der Waals surface area contributed by atoms with Crippen LogP contribution in [-0.2, 0) is 25.5 Å². The second-order valence-corrected chi connectivity index (χ2v) is 7.88. The van der Waals surface area contributed by atoms with E-state index in [0.29, 0.717) is 13.0 Å². The summed E-state index contributed by atoms with van der Waals surface area (Å²) in [5, 5.41) is 2.34. The molecule has 1 N–H and O–H groups in total. The van der Waals surface area contributed by atoms with Crippen molar-refractivity contribution in [1.29, 1.82) is 0 Å². The number of nitrogens with zero attached hydrogens (tertiary/aromatic N) is 1. The van der Waals surface area contributed by atoms with Gasteiger partial charge in [-0.25, -0.2) is 0 Å². The Balaban J connectivity index is 2.09. The largest absolute Gasteiger partial charge is 0.469 e. The number of esters is 1. The lowest BCUT2D eigenvalue weighted by Crippen LogP contribution is -2.49. The maximum Gasteiger partial charge on any atom is 0.313 e. The standard InChI is InChI=1S/C16H17Cl3N2O4/c1-25-14(23)11-9-21(8-7-10-5-3-2-4-6-10)13(22)12(11)20-15(24)16(17,18)19/h2-6,11-12H,7-9H2,1H3,(H,20,24)/t11?,12-/m1/s1. The molecule has 136 valence electrons. The molecule has 9 heteroatoms. The van der Waals surface area contributed by atoms with E-state index in [0.717, 1.165) is 5.56 Å². The fourth-order valence-electron chi connectivity index (χ4n) is 2.66. The molecule has 1 saturated heterocycles. The van der Waals surface area contributed by atoms with E-state index in [-0.39, 0.29) is 6.54 Å². The van der Waals surface area contributed by atoms with E-state index in [9.17, 15) is 14.4 Å². The summed E-state index contributed by atoms with van der Waals surface area (Å²) in [4.78, 5) is 37.9. The second kappa shape index (κ2) is 8.25. The van der Waals surface area contributed by atoms with Crippen LogP contribution < -0.4 is 5.32 Å². The molecule has 1 heterocycles. The van der Waals surface area contributed by atoms with Gasteiger partial charge in [-0.1, -0.05) is 65.1 Å². The molecule has 1 aromatic carbocycles. The number of benzene rings is 1. The Kier molecular flexibility index (Phi) is 6.54. The van der Waals surface area contributed by atoms with Crippen LogP contribution in [0.3, 0.4) is 0 Å². The molecule has 2 amide bonds. The first-order chi connectivity index (χ1) is 11.7. The number of rotatable bonds is 5. The van der Waals surface area contributed by atoms with Crippen molar-refractivity contribution >= 4 is 52.6 Å². The Morgan fingerprint density at radius 2 is 1.92 bits per heavy atom. The molecule has 0 bridgehead atoms. The van der Waals surface area contributed by atoms with Gasteiger partial charge >= 0.3 is 5.97 Å². The molecule has 0 radical (unpaired) electrons. The number of carbonyl (C=O) groups excluding carboxylic acids is 3. The predicted molar refractivity (Wildman–Crippen MR) is 94.5 cm³/mol. The van der Waals surface area contributed by atoms with Crippen molar-refractivity contribution in [3.63, 3.8) is 0 Å².